The van der Waals surface area contributed by atoms with E-state index in [1.165, 1.54) is 37.1 Å². The normalized spacial score (nSPS) is 16.6. The Labute approximate surface area is 232 Å². The summed E-state index contributed by atoms with van der Waals surface area (Å²) in [5.41, 5.74) is 1.84. The van der Waals surface area contributed by atoms with Crippen molar-refractivity contribution in [2.24, 2.45) is 0 Å². The zero-order valence-corrected chi connectivity index (χ0v) is 23.5. The number of unbranched alkanes of at least 4 members (excludes halogenated alkanes) is 1. The van der Waals surface area contributed by atoms with E-state index in [1.54, 1.807) is 34.1 Å². The van der Waals surface area contributed by atoms with Crippen LogP contribution < -0.4 is 5.32 Å². The fraction of sp³-hybridized carbons (Fsp3) is 0.548. The average Bonchev–Trinajstić information content (AvgIpc) is 3.38. The van der Waals surface area contributed by atoms with Gasteiger partial charge in [0.05, 0.1) is 12.6 Å². The number of likely N-dealkylation sites (tertiary alicyclic amines) is 1. The van der Waals surface area contributed by atoms with Gasteiger partial charge in [-0.3, -0.25) is 9.69 Å². The Kier molecular flexibility index (Phi) is 12.7. The van der Waals surface area contributed by atoms with E-state index in [1.807, 2.05) is 0 Å². The van der Waals surface area contributed by atoms with Crippen LogP contribution in [0.1, 0.15) is 76.0 Å². The molecule has 2 heterocycles. The van der Waals surface area contributed by atoms with Crippen molar-refractivity contribution >= 4 is 11.9 Å². The zero-order chi connectivity index (χ0) is 28.0. The van der Waals surface area contributed by atoms with Gasteiger partial charge in [0.2, 0.25) is 5.91 Å². The lowest BCUT2D eigenvalue weighted by atomic mass is 9.96. The van der Waals surface area contributed by atoms with Gasteiger partial charge in [-0.05, 0) is 54.7 Å². The van der Waals surface area contributed by atoms with E-state index >= 15 is 0 Å². The summed E-state index contributed by atoms with van der Waals surface area (Å²) in [4.78, 5) is 31.2. The molecule has 3 amide bonds. The fourth-order valence-electron chi connectivity index (χ4n) is 5.00. The second-order valence-corrected chi connectivity index (χ2v) is 10.3. The minimum Gasteiger partial charge on any atom is -0.340 e. The molecule has 2 aromatic carbocycles. The molecule has 0 unspecified atom stereocenters. The molecule has 214 valence electrons. The Morgan fingerprint density at radius 3 is 1.72 bits per heavy atom. The van der Waals surface area contributed by atoms with E-state index in [4.69, 9.17) is 0 Å². The summed E-state index contributed by atoms with van der Waals surface area (Å²) in [5, 5.41) is 2.81. The lowest BCUT2D eigenvalue weighted by Crippen LogP contribution is -2.46. The standard InChI is InChI=1S/C27H34F2N4O2.C4H10/c28-23-10-6-21(7-11-23)26(22-8-12-24(29)13-9-22)32-17-5-16-31(18-19-32)25(34)20-30-27(35)33-14-3-1-2-4-15-33;1-3-4-2/h6-13,26H,1-5,14-20H2,(H,30,35);3-4H2,1-2H3. The molecular formula is C31H44F2N4O2. The highest BCUT2D eigenvalue weighted by atomic mass is 19.1. The first-order valence-electron chi connectivity index (χ1n) is 14.5. The molecule has 4 rings (SSSR count). The van der Waals surface area contributed by atoms with E-state index in [9.17, 15) is 18.4 Å². The van der Waals surface area contributed by atoms with Crippen molar-refractivity contribution in [3.63, 3.8) is 0 Å². The van der Waals surface area contributed by atoms with E-state index in [-0.39, 0.29) is 36.2 Å². The van der Waals surface area contributed by atoms with Crippen molar-refractivity contribution < 1.29 is 18.4 Å². The van der Waals surface area contributed by atoms with Gasteiger partial charge in [0.15, 0.2) is 0 Å². The number of halogens is 2. The number of rotatable bonds is 6. The van der Waals surface area contributed by atoms with Crippen molar-refractivity contribution in [2.45, 2.75) is 64.8 Å². The highest BCUT2D eigenvalue weighted by molar-refractivity contribution is 5.84. The summed E-state index contributed by atoms with van der Waals surface area (Å²) in [6.45, 7) is 8.33. The lowest BCUT2D eigenvalue weighted by molar-refractivity contribution is -0.130. The van der Waals surface area contributed by atoms with Crippen LogP contribution in [0.25, 0.3) is 0 Å². The molecule has 0 spiro atoms. The molecule has 0 bridgehead atoms. The highest BCUT2D eigenvalue weighted by Gasteiger charge is 2.27. The molecule has 2 saturated heterocycles. The van der Waals surface area contributed by atoms with E-state index in [2.05, 4.69) is 24.1 Å². The van der Waals surface area contributed by atoms with Crippen LogP contribution in [0.15, 0.2) is 48.5 Å². The smallest absolute Gasteiger partial charge is 0.317 e. The minimum absolute atomic E-state index is 0.00527. The third kappa shape index (κ3) is 9.60. The Bertz CT molecular complexity index is 961. The van der Waals surface area contributed by atoms with Gasteiger partial charge in [0.1, 0.15) is 11.6 Å². The minimum atomic E-state index is -0.304. The van der Waals surface area contributed by atoms with Crippen LogP contribution in [0, 0.1) is 11.6 Å². The fourth-order valence-corrected chi connectivity index (χ4v) is 5.00. The van der Waals surface area contributed by atoms with Crippen molar-refractivity contribution in [2.75, 3.05) is 45.8 Å². The SMILES string of the molecule is CCCC.O=C(CNC(=O)N1CCCCCC1)N1CCCN(C(c2ccc(F)cc2)c2ccc(F)cc2)CC1. The quantitative estimate of drug-likeness (QED) is 0.489. The number of nitrogens with zero attached hydrogens (tertiary/aromatic N) is 3. The van der Waals surface area contributed by atoms with Crippen LogP contribution in [0.2, 0.25) is 0 Å². The third-order valence-electron chi connectivity index (χ3n) is 7.40. The van der Waals surface area contributed by atoms with Gasteiger partial charge < -0.3 is 15.1 Å². The van der Waals surface area contributed by atoms with Gasteiger partial charge in [-0.25, -0.2) is 13.6 Å². The Morgan fingerprint density at radius 2 is 1.21 bits per heavy atom. The van der Waals surface area contributed by atoms with E-state index < -0.39 is 0 Å². The van der Waals surface area contributed by atoms with Crippen LogP contribution >= 0.6 is 0 Å². The predicted octanol–water partition coefficient (Wildman–Crippen LogP) is 5.98. The first kappa shape index (κ1) is 30.5. The molecule has 2 fully saturated rings. The molecule has 6 nitrogen and oxygen atoms in total. The molecule has 0 aliphatic carbocycles. The van der Waals surface area contributed by atoms with Crippen LogP contribution in [-0.4, -0.2) is 72.5 Å². The topological polar surface area (TPSA) is 55.9 Å². The van der Waals surface area contributed by atoms with Crippen molar-refractivity contribution in [1.29, 1.82) is 0 Å². The number of hydrogen-bond acceptors (Lipinski definition) is 3. The number of hydrogen-bond donors (Lipinski definition) is 1. The maximum absolute atomic E-state index is 13.6. The van der Waals surface area contributed by atoms with Crippen LogP contribution in [0.4, 0.5) is 13.6 Å². The number of nitrogens with one attached hydrogen (secondary N) is 1. The van der Waals surface area contributed by atoms with Gasteiger partial charge in [-0.2, -0.15) is 0 Å². The molecule has 2 aromatic rings. The molecule has 2 aliphatic rings. The van der Waals surface area contributed by atoms with Crippen LogP contribution in [0.5, 0.6) is 0 Å². The predicted molar refractivity (Wildman–Crippen MR) is 151 cm³/mol. The molecule has 0 aromatic heterocycles. The first-order valence-corrected chi connectivity index (χ1v) is 14.5. The monoisotopic (exact) mass is 542 g/mol. The first-order chi connectivity index (χ1) is 18.9. The second-order valence-electron chi connectivity index (χ2n) is 10.3. The number of carbonyl (C=O) groups excluding carboxylic acids is 2. The molecular weight excluding hydrogens is 498 g/mol. The zero-order valence-electron chi connectivity index (χ0n) is 23.5. The summed E-state index contributed by atoms with van der Waals surface area (Å²) in [6, 6.07) is 12.5. The molecule has 2 aliphatic heterocycles. The van der Waals surface area contributed by atoms with Crippen molar-refractivity contribution in [1.82, 2.24) is 20.0 Å². The summed E-state index contributed by atoms with van der Waals surface area (Å²) < 4.78 is 27.2. The summed E-state index contributed by atoms with van der Waals surface area (Å²) in [7, 11) is 0. The third-order valence-corrected chi connectivity index (χ3v) is 7.40. The summed E-state index contributed by atoms with van der Waals surface area (Å²) >= 11 is 0. The molecule has 8 heteroatoms. The van der Waals surface area contributed by atoms with Crippen molar-refractivity contribution in [3.05, 3.63) is 71.3 Å². The highest BCUT2D eigenvalue weighted by Crippen LogP contribution is 2.30. The number of benzene rings is 2. The lowest BCUT2D eigenvalue weighted by Gasteiger charge is -2.31. The largest absolute Gasteiger partial charge is 0.340 e. The van der Waals surface area contributed by atoms with Crippen LogP contribution in [0.3, 0.4) is 0 Å². The van der Waals surface area contributed by atoms with Gasteiger partial charge in [0.25, 0.3) is 0 Å². The second kappa shape index (κ2) is 16.2. The number of amides is 3. The Morgan fingerprint density at radius 1 is 0.692 bits per heavy atom. The average molecular weight is 543 g/mol. The van der Waals surface area contributed by atoms with E-state index in [0.29, 0.717) is 19.6 Å². The molecule has 1 N–H and O–H groups in total. The molecule has 0 atom stereocenters. The Balaban J connectivity index is 0.000000983. The maximum Gasteiger partial charge on any atom is 0.317 e. The van der Waals surface area contributed by atoms with Gasteiger partial charge >= 0.3 is 6.03 Å². The van der Waals surface area contributed by atoms with Crippen molar-refractivity contribution in [3.8, 4) is 0 Å². The molecule has 39 heavy (non-hydrogen) atoms. The Hall–Kier alpha value is -3.00. The summed E-state index contributed by atoms with van der Waals surface area (Å²) in [6.07, 6.45) is 7.71. The van der Waals surface area contributed by atoms with Gasteiger partial charge in [0, 0.05) is 39.3 Å². The number of carbonyl (C=O) groups is 2. The molecule has 0 radical (unpaired) electrons. The summed E-state index contributed by atoms with van der Waals surface area (Å²) in [5.74, 6) is -0.696. The number of urea groups is 1. The molecule has 0 saturated carbocycles. The van der Waals surface area contributed by atoms with Gasteiger partial charge in [-0.1, -0.05) is 63.8 Å². The van der Waals surface area contributed by atoms with Gasteiger partial charge in [-0.15, -0.1) is 0 Å². The van der Waals surface area contributed by atoms with Crippen LogP contribution in [-0.2, 0) is 4.79 Å². The van der Waals surface area contributed by atoms with E-state index in [0.717, 1.165) is 62.9 Å². The maximum atomic E-state index is 13.6.